The summed E-state index contributed by atoms with van der Waals surface area (Å²) in [6, 6.07) is 3.73. The number of likely N-dealkylation sites (tertiary alicyclic amines) is 1. The maximum absolute atomic E-state index is 13.6. The van der Waals surface area contributed by atoms with Gasteiger partial charge in [0.05, 0.1) is 6.42 Å². The van der Waals surface area contributed by atoms with Crippen molar-refractivity contribution in [3.8, 4) is 0 Å². The molecule has 0 spiro atoms. The highest BCUT2D eigenvalue weighted by Gasteiger charge is 2.20. The summed E-state index contributed by atoms with van der Waals surface area (Å²) < 4.78 is 26.4. The molecule has 0 aliphatic carbocycles. The first kappa shape index (κ1) is 15.9. The molecule has 0 aromatic heterocycles. The SMILES string of the molecule is O=C(O)CCN1CCC[C@@H](CCc2ccc(F)cc2F)C1. The summed E-state index contributed by atoms with van der Waals surface area (Å²) >= 11 is 0. The first-order valence-electron chi connectivity index (χ1n) is 7.42. The van der Waals surface area contributed by atoms with Crippen LogP contribution in [0.4, 0.5) is 8.78 Å². The second kappa shape index (κ2) is 7.50. The van der Waals surface area contributed by atoms with Gasteiger partial charge in [0, 0.05) is 19.2 Å². The minimum atomic E-state index is -0.773. The van der Waals surface area contributed by atoms with E-state index in [1.807, 2.05) is 0 Å². The number of piperidine rings is 1. The second-order valence-electron chi connectivity index (χ2n) is 5.73. The molecule has 1 aromatic rings. The molecule has 1 aromatic carbocycles. The van der Waals surface area contributed by atoms with Crippen molar-refractivity contribution in [3.63, 3.8) is 0 Å². The normalized spacial score (nSPS) is 19.6. The smallest absolute Gasteiger partial charge is 0.304 e. The standard InChI is InChI=1S/C16H21F2NO2/c17-14-6-5-13(15(18)10-14)4-3-12-2-1-8-19(11-12)9-7-16(20)21/h5-6,10,12H,1-4,7-9,11H2,(H,20,21)/t12-/m0/s1. The highest BCUT2D eigenvalue weighted by Crippen LogP contribution is 2.22. The highest BCUT2D eigenvalue weighted by atomic mass is 19.1. The summed E-state index contributed by atoms with van der Waals surface area (Å²) in [6.07, 6.45) is 3.76. The van der Waals surface area contributed by atoms with Crippen LogP contribution in [-0.2, 0) is 11.2 Å². The second-order valence-corrected chi connectivity index (χ2v) is 5.73. The van der Waals surface area contributed by atoms with Crippen LogP contribution in [0.2, 0.25) is 0 Å². The van der Waals surface area contributed by atoms with E-state index in [0.29, 0.717) is 24.4 Å². The molecule has 5 heteroatoms. The number of carboxylic acids is 1. The lowest BCUT2D eigenvalue weighted by Gasteiger charge is -2.32. The molecule has 0 amide bonds. The summed E-state index contributed by atoms with van der Waals surface area (Å²) in [6.45, 7) is 2.39. The predicted octanol–water partition coefficient (Wildman–Crippen LogP) is 3.08. The molecule has 21 heavy (non-hydrogen) atoms. The number of aryl methyl sites for hydroxylation is 1. The Bertz CT molecular complexity index is 493. The van der Waals surface area contributed by atoms with Crippen LogP contribution in [0.3, 0.4) is 0 Å². The molecule has 3 nitrogen and oxygen atoms in total. The van der Waals surface area contributed by atoms with E-state index in [9.17, 15) is 13.6 Å². The Balaban J connectivity index is 1.81. The van der Waals surface area contributed by atoms with Gasteiger partial charge in [-0.25, -0.2) is 8.78 Å². The van der Waals surface area contributed by atoms with Gasteiger partial charge < -0.3 is 10.0 Å². The van der Waals surface area contributed by atoms with Crippen molar-refractivity contribution in [1.82, 2.24) is 4.90 Å². The molecule has 1 aliphatic heterocycles. The topological polar surface area (TPSA) is 40.5 Å². The molecule has 1 atom stereocenters. The number of rotatable bonds is 6. The zero-order chi connectivity index (χ0) is 15.2. The van der Waals surface area contributed by atoms with Crippen LogP contribution in [0.25, 0.3) is 0 Å². The average molecular weight is 297 g/mol. The number of halogens is 2. The Labute approximate surface area is 123 Å². The van der Waals surface area contributed by atoms with Crippen molar-refractivity contribution in [3.05, 3.63) is 35.4 Å². The third-order valence-corrected chi connectivity index (χ3v) is 4.08. The van der Waals surface area contributed by atoms with Crippen LogP contribution >= 0.6 is 0 Å². The number of carbonyl (C=O) groups is 1. The summed E-state index contributed by atoms with van der Waals surface area (Å²) in [7, 11) is 0. The Hall–Kier alpha value is -1.49. The minimum Gasteiger partial charge on any atom is -0.481 e. The first-order valence-corrected chi connectivity index (χ1v) is 7.42. The predicted molar refractivity (Wildman–Crippen MR) is 76.1 cm³/mol. The summed E-state index contributed by atoms with van der Waals surface area (Å²) in [5, 5.41) is 8.72. The molecule has 0 radical (unpaired) electrons. The molecule has 0 unspecified atom stereocenters. The van der Waals surface area contributed by atoms with Crippen LogP contribution in [0.5, 0.6) is 0 Å². The van der Waals surface area contributed by atoms with Crippen molar-refractivity contribution < 1.29 is 18.7 Å². The molecule has 1 N–H and O–H groups in total. The fourth-order valence-electron chi connectivity index (χ4n) is 2.93. The van der Waals surface area contributed by atoms with Gasteiger partial charge in [-0.15, -0.1) is 0 Å². The Morgan fingerprint density at radius 1 is 1.38 bits per heavy atom. The van der Waals surface area contributed by atoms with Crippen molar-refractivity contribution in [2.24, 2.45) is 5.92 Å². The van der Waals surface area contributed by atoms with E-state index in [2.05, 4.69) is 4.90 Å². The van der Waals surface area contributed by atoms with Gasteiger partial charge in [-0.05, 0) is 49.8 Å². The van der Waals surface area contributed by atoms with Gasteiger partial charge in [-0.1, -0.05) is 6.07 Å². The molecular weight excluding hydrogens is 276 g/mol. The highest BCUT2D eigenvalue weighted by molar-refractivity contribution is 5.66. The van der Waals surface area contributed by atoms with Gasteiger partial charge in [-0.3, -0.25) is 4.79 Å². The van der Waals surface area contributed by atoms with Gasteiger partial charge in [0.15, 0.2) is 0 Å². The van der Waals surface area contributed by atoms with Gasteiger partial charge in [0.1, 0.15) is 11.6 Å². The van der Waals surface area contributed by atoms with E-state index >= 15 is 0 Å². The summed E-state index contributed by atoms with van der Waals surface area (Å²) in [5.41, 5.74) is 0.555. The van der Waals surface area contributed by atoms with Gasteiger partial charge in [0.25, 0.3) is 0 Å². The van der Waals surface area contributed by atoms with Gasteiger partial charge in [0.2, 0.25) is 0 Å². The monoisotopic (exact) mass is 297 g/mol. The third-order valence-electron chi connectivity index (χ3n) is 4.08. The molecular formula is C16H21F2NO2. The van der Waals surface area contributed by atoms with Crippen LogP contribution in [0.1, 0.15) is 31.2 Å². The number of aliphatic carboxylic acids is 1. The molecule has 116 valence electrons. The van der Waals surface area contributed by atoms with Gasteiger partial charge in [-0.2, -0.15) is 0 Å². The van der Waals surface area contributed by atoms with Crippen LogP contribution < -0.4 is 0 Å². The minimum absolute atomic E-state index is 0.166. The van der Waals surface area contributed by atoms with E-state index in [4.69, 9.17) is 5.11 Å². The van der Waals surface area contributed by atoms with Crippen molar-refractivity contribution >= 4 is 5.97 Å². The van der Waals surface area contributed by atoms with E-state index in [-0.39, 0.29) is 6.42 Å². The quantitative estimate of drug-likeness (QED) is 0.877. The Kier molecular flexibility index (Phi) is 5.67. The maximum atomic E-state index is 13.6. The molecule has 1 saturated heterocycles. The Morgan fingerprint density at radius 3 is 2.90 bits per heavy atom. The van der Waals surface area contributed by atoms with Crippen molar-refractivity contribution in [1.29, 1.82) is 0 Å². The molecule has 2 rings (SSSR count). The zero-order valence-electron chi connectivity index (χ0n) is 12.0. The number of hydrogen-bond donors (Lipinski definition) is 1. The third kappa shape index (κ3) is 5.08. The first-order chi connectivity index (χ1) is 10.0. The lowest BCUT2D eigenvalue weighted by molar-refractivity contribution is -0.137. The zero-order valence-corrected chi connectivity index (χ0v) is 12.0. The fourth-order valence-corrected chi connectivity index (χ4v) is 2.93. The van der Waals surface area contributed by atoms with E-state index in [1.165, 1.54) is 12.1 Å². The molecule has 0 bridgehead atoms. The average Bonchev–Trinajstić information content (AvgIpc) is 2.45. The number of hydrogen-bond acceptors (Lipinski definition) is 2. The van der Waals surface area contributed by atoms with Crippen LogP contribution in [-0.4, -0.2) is 35.6 Å². The number of benzene rings is 1. The van der Waals surface area contributed by atoms with Crippen molar-refractivity contribution in [2.45, 2.75) is 32.1 Å². The van der Waals surface area contributed by atoms with E-state index in [0.717, 1.165) is 38.4 Å². The van der Waals surface area contributed by atoms with Crippen LogP contribution in [0.15, 0.2) is 18.2 Å². The van der Waals surface area contributed by atoms with Crippen molar-refractivity contribution in [2.75, 3.05) is 19.6 Å². The van der Waals surface area contributed by atoms with Crippen LogP contribution in [0, 0.1) is 17.6 Å². The number of nitrogens with zero attached hydrogens (tertiary/aromatic N) is 1. The van der Waals surface area contributed by atoms with Gasteiger partial charge >= 0.3 is 5.97 Å². The largest absolute Gasteiger partial charge is 0.481 e. The summed E-state index contributed by atoms with van der Waals surface area (Å²) in [5.74, 6) is -1.34. The number of carboxylic acid groups (broad SMARTS) is 1. The van der Waals surface area contributed by atoms with E-state index in [1.54, 1.807) is 0 Å². The molecule has 1 heterocycles. The summed E-state index contributed by atoms with van der Waals surface area (Å²) in [4.78, 5) is 12.8. The maximum Gasteiger partial charge on any atom is 0.304 e. The van der Waals surface area contributed by atoms with E-state index < -0.39 is 17.6 Å². The molecule has 1 fully saturated rings. The molecule has 0 saturated carbocycles. The Morgan fingerprint density at radius 2 is 2.19 bits per heavy atom. The molecule has 1 aliphatic rings. The fraction of sp³-hybridized carbons (Fsp3) is 0.562. The lowest BCUT2D eigenvalue weighted by atomic mass is 9.91. The lowest BCUT2D eigenvalue weighted by Crippen LogP contribution is -2.36.